The summed E-state index contributed by atoms with van der Waals surface area (Å²) in [4.78, 5) is 15.5. The lowest BCUT2D eigenvalue weighted by molar-refractivity contribution is 0.590. The van der Waals surface area contributed by atoms with Gasteiger partial charge in [-0.2, -0.15) is 20.5 Å². The molecule has 7 nitrogen and oxygen atoms in total. The topological polar surface area (TPSA) is 96.1 Å². The molecule has 0 saturated heterocycles. The predicted octanol–water partition coefficient (Wildman–Crippen LogP) is 13.4. The molecule has 10 aromatic rings. The summed E-state index contributed by atoms with van der Waals surface area (Å²) in [5.74, 6) is 1.40. The van der Waals surface area contributed by atoms with Crippen LogP contribution in [-0.2, 0) is 10.8 Å². The monoisotopic (exact) mass is 801 g/mol. The predicted molar refractivity (Wildman–Crippen MR) is 252 cm³/mol. The van der Waals surface area contributed by atoms with Crippen LogP contribution in [0.5, 0.6) is 0 Å². The van der Waals surface area contributed by atoms with Gasteiger partial charge in [-0.3, -0.25) is 4.57 Å². The zero-order valence-corrected chi connectivity index (χ0v) is 35.6. The Labute approximate surface area is 360 Å². The van der Waals surface area contributed by atoms with E-state index in [-0.39, 0.29) is 10.8 Å². The van der Waals surface area contributed by atoms with Gasteiger partial charge in [0.05, 0.1) is 45.0 Å². The van der Waals surface area contributed by atoms with E-state index in [0.717, 1.165) is 66.0 Å². The van der Waals surface area contributed by atoms with E-state index in [0.29, 0.717) is 34.3 Å². The van der Waals surface area contributed by atoms with Gasteiger partial charge in [-0.15, -0.1) is 0 Å². The summed E-state index contributed by atoms with van der Waals surface area (Å²) in [5, 5.41) is 25.1. The van der Waals surface area contributed by atoms with E-state index in [4.69, 9.17) is 15.0 Å². The Morgan fingerprint density at radius 1 is 0.419 bits per heavy atom. The van der Waals surface area contributed by atoms with Crippen molar-refractivity contribution in [3.63, 3.8) is 0 Å². The zero-order chi connectivity index (χ0) is 42.9. The number of benzene rings is 7. The van der Waals surface area contributed by atoms with Crippen molar-refractivity contribution in [2.75, 3.05) is 0 Å². The quantitative estimate of drug-likeness (QED) is 0.173. The maximum Gasteiger partial charge on any atom is 0.238 e. The Bertz CT molecular complexity index is 3400. The molecule has 0 unspecified atom stereocenters. The third kappa shape index (κ3) is 6.47. The van der Waals surface area contributed by atoms with E-state index in [1.165, 1.54) is 11.1 Å². The molecule has 0 fully saturated rings. The van der Waals surface area contributed by atoms with Crippen LogP contribution in [-0.4, -0.2) is 24.1 Å². The van der Waals surface area contributed by atoms with Crippen molar-refractivity contribution in [1.29, 1.82) is 10.5 Å². The maximum absolute atomic E-state index is 10.9. The Kier molecular flexibility index (Phi) is 8.91. The third-order valence-corrected chi connectivity index (χ3v) is 12.0. The van der Waals surface area contributed by atoms with Gasteiger partial charge >= 0.3 is 0 Å². The molecule has 62 heavy (non-hydrogen) atoms. The maximum atomic E-state index is 10.9. The van der Waals surface area contributed by atoms with Gasteiger partial charge in [0.15, 0.2) is 11.6 Å². The van der Waals surface area contributed by atoms with E-state index in [1.807, 2.05) is 84.9 Å². The van der Waals surface area contributed by atoms with Gasteiger partial charge in [-0.25, -0.2) is 4.98 Å². The molecule has 0 spiro atoms. The number of aromatic nitrogens is 5. The second-order valence-corrected chi connectivity index (χ2v) is 18.1. The van der Waals surface area contributed by atoms with Crippen LogP contribution in [0.15, 0.2) is 152 Å². The van der Waals surface area contributed by atoms with Gasteiger partial charge < -0.3 is 4.57 Å². The highest BCUT2D eigenvalue weighted by Gasteiger charge is 2.23. The molecule has 7 heteroatoms. The summed E-state index contributed by atoms with van der Waals surface area (Å²) in [5.41, 5.74) is 11.7. The number of nitriles is 2. The second kappa shape index (κ2) is 14.4. The first kappa shape index (κ1) is 38.3. The van der Waals surface area contributed by atoms with Crippen molar-refractivity contribution in [3.05, 3.63) is 174 Å². The first-order valence-corrected chi connectivity index (χ1v) is 20.9. The molecule has 0 saturated carbocycles. The molecular weight excluding hydrogens is 759 g/mol. The molecule has 0 aliphatic heterocycles. The fraction of sp³-hybridized carbons (Fsp3) is 0.145. The fourth-order valence-electron chi connectivity index (χ4n) is 8.64. The normalized spacial score (nSPS) is 12.0. The van der Waals surface area contributed by atoms with Crippen LogP contribution in [0, 0.1) is 22.7 Å². The molecule has 3 heterocycles. The summed E-state index contributed by atoms with van der Waals surface area (Å²) < 4.78 is 4.32. The Balaban J connectivity index is 1.19. The van der Waals surface area contributed by atoms with Crippen molar-refractivity contribution >= 4 is 43.6 Å². The minimum Gasteiger partial charge on any atom is -0.308 e. The lowest BCUT2D eigenvalue weighted by Gasteiger charge is -2.19. The largest absolute Gasteiger partial charge is 0.308 e. The first-order valence-electron chi connectivity index (χ1n) is 20.9. The fourth-order valence-corrected chi connectivity index (χ4v) is 8.64. The van der Waals surface area contributed by atoms with Gasteiger partial charge in [-0.05, 0) is 106 Å². The Hall–Kier alpha value is -7.87. The number of rotatable bonds is 5. The number of hydrogen-bond acceptors (Lipinski definition) is 5. The molecule has 0 atom stereocenters. The lowest BCUT2D eigenvalue weighted by atomic mass is 9.85. The average Bonchev–Trinajstić information content (AvgIpc) is 3.80. The second-order valence-electron chi connectivity index (χ2n) is 18.1. The molecule has 298 valence electrons. The van der Waals surface area contributed by atoms with Crippen molar-refractivity contribution in [3.8, 4) is 57.7 Å². The lowest BCUT2D eigenvalue weighted by Crippen LogP contribution is -2.10. The van der Waals surface area contributed by atoms with Crippen LogP contribution in [0.1, 0.15) is 63.8 Å². The van der Waals surface area contributed by atoms with E-state index < -0.39 is 0 Å². The zero-order valence-electron chi connectivity index (χ0n) is 35.6. The summed E-state index contributed by atoms with van der Waals surface area (Å²) in [7, 11) is 0. The highest BCUT2D eigenvalue weighted by Crippen LogP contribution is 2.39. The van der Waals surface area contributed by atoms with E-state index in [1.54, 1.807) is 6.07 Å². The van der Waals surface area contributed by atoms with Crippen molar-refractivity contribution in [2.45, 2.75) is 52.4 Å². The SMILES string of the molecule is CC(C)(C)c1ccc2c(c1)c1cc(C(C)(C)C)ccc1n2-c1ccc(-c2nc(-c3cccc(-c4cccc(C#N)c4)c3)nc(-n3c4ccccc4c4ccccc43)n2)cc1C#N. The molecule has 0 amide bonds. The number of fused-ring (bicyclic) bond motifs is 6. The summed E-state index contributed by atoms with van der Waals surface area (Å²) >= 11 is 0. The molecular formula is C55H43N7. The van der Waals surface area contributed by atoms with Crippen LogP contribution in [0.2, 0.25) is 0 Å². The summed E-state index contributed by atoms with van der Waals surface area (Å²) in [6.07, 6.45) is 0. The van der Waals surface area contributed by atoms with Crippen molar-refractivity contribution < 1.29 is 0 Å². The first-order chi connectivity index (χ1) is 29.9. The number of nitrogens with zero attached hydrogens (tertiary/aromatic N) is 7. The van der Waals surface area contributed by atoms with E-state index >= 15 is 0 Å². The highest BCUT2D eigenvalue weighted by molar-refractivity contribution is 6.10. The average molecular weight is 802 g/mol. The standard InChI is InChI=1S/C55H43N7/c1-54(2,3)40-22-25-49-44(30-40)45-31-41(55(4,5)6)23-26-50(45)61(49)46-24-21-38(29-39(46)33-57)52-58-51(37-16-12-15-36(28-37)35-14-11-13-34(27-35)32-56)59-53(60-52)62-47-19-9-7-17-42(47)43-18-8-10-20-48(43)62/h7-31H,1-6H3. The summed E-state index contributed by atoms with van der Waals surface area (Å²) in [6.45, 7) is 13.4. The van der Waals surface area contributed by atoms with Gasteiger partial charge in [0.25, 0.3) is 0 Å². The molecule has 0 aliphatic carbocycles. The van der Waals surface area contributed by atoms with E-state index in [9.17, 15) is 10.5 Å². The Morgan fingerprint density at radius 3 is 1.50 bits per heavy atom. The van der Waals surface area contributed by atoms with Crippen LogP contribution < -0.4 is 0 Å². The molecule has 10 rings (SSSR count). The number of hydrogen-bond donors (Lipinski definition) is 0. The Morgan fingerprint density at radius 2 is 0.935 bits per heavy atom. The smallest absolute Gasteiger partial charge is 0.238 e. The molecule has 0 N–H and O–H groups in total. The van der Waals surface area contributed by atoms with Crippen molar-refractivity contribution in [1.82, 2.24) is 24.1 Å². The summed E-state index contributed by atoms with van der Waals surface area (Å²) in [6, 6.07) is 56.4. The van der Waals surface area contributed by atoms with Gasteiger partial charge in [-0.1, -0.05) is 120 Å². The highest BCUT2D eigenvalue weighted by atomic mass is 15.2. The molecule has 0 bridgehead atoms. The van der Waals surface area contributed by atoms with Crippen LogP contribution >= 0.6 is 0 Å². The molecule has 0 aliphatic rings. The molecule has 3 aromatic heterocycles. The minimum atomic E-state index is -0.0328. The number of para-hydroxylation sites is 2. The minimum absolute atomic E-state index is 0.0328. The molecule has 0 radical (unpaired) electrons. The van der Waals surface area contributed by atoms with Crippen LogP contribution in [0.4, 0.5) is 0 Å². The van der Waals surface area contributed by atoms with Crippen LogP contribution in [0.25, 0.3) is 89.2 Å². The molecule has 7 aromatic carbocycles. The van der Waals surface area contributed by atoms with Crippen LogP contribution in [0.3, 0.4) is 0 Å². The third-order valence-electron chi connectivity index (χ3n) is 12.0. The van der Waals surface area contributed by atoms with Gasteiger partial charge in [0.1, 0.15) is 6.07 Å². The van der Waals surface area contributed by atoms with Gasteiger partial charge in [0.2, 0.25) is 5.95 Å². The van der Waals surface area contributed by atoms with E-state index in [2.05, 4.69) is 123 Å². The van der Waals surface area contributed by atoms with Gasteiger partial charge in [0, 0.05) is 32.7 Å². The van der Waals surface area contributed by atoms with Crippen molar-refractivity contribution in [2.24, 2.45) is 0 Å².